The van der Waals surface area contributed by atoms with Crippen LogP contribution in [0.1, 0.15) is 25.0 Å². The molecule has 0 saturated carbocycles. The summed E-state index contributed by atoms with van der Waals surface area (Å²) in [6, 6.07) is 10.5. The van der Waals surface area contributed by atoms with E-state index < -0.39 is 10.9 Å². The Hall–Kier alpha value is -3.52. The summed E-state index contributed by atoms with van der Waals surface area (Å²) in [6.07, 6.45) is 1.49. The van der Waals surface area contributed by atoms with Gasteiger partial charge in [0.2, 0.25) is 5.90 Å². The summed E-state index contributed by atoms with van der Waals surface area (Å²) in [7, 11) is 0. The molecule has 9 heteroatoms. The molecule has 0 saturated heterocycles. The van der Waals surface area contributed by atoms with E-state index in [9.17, 15) is 19.7 Å². The van der Waals surface area contributed by atoms with E-state index in [0.717, 1.165) is 0 Å². The van der Waals surface area contributed by atoms with E-state index in [1.54, 1.807) is 38.1 Å². The Labute approximate surface area is 170 Å². The van der Waals surface area contributed by atoms with Gasteiger partial charge in [-0.25, -0.2) is 9.79 Å². The monoisotopic (exact) mass is 414 g/mol. The number of esters is 2. The minimum absolute atomic E-state index is 0.0299. The number of nitrogens with zero attached hydrogens (tertiary/aromatic N) is 2. The molecule has 1 heterocycles. The molecule has 148 valence electrons. The quantitative estimate of drug-likeness (QED) is 0.239. The van der Waals surface area contributed by atoms with Gasteiger partial charge in [0, 0.05) is 11.6 Å². The van der Waals surface area contributed by atoms with E-state index in [2.05, 4.69) is 4.99 Å². The van der Waals surface area contributed by atoms with E-state index in [-0.39, 0.29) is 39.8 Å². The lowest BCUT2D eigenvalue weighted by atomic mass is 10.2. The minimum atomic E-state index is -0.687. The van der Waals surface area contributed by atoms with Crippen LogP contribution < -0.4 is 4.74 Å². The first-order valence-electron chi connectivity index (χ1n) is 8.53. The second-order valence-corrected chi connectivity index (χ2v) is 6.81. The average molecular weight is 415 g/mol. The van der Waals surface area contributed by atoms with Crippen molar-refractivity contribution in [3.63, 3.8) is 0 Å². The highest BCUT2D eigenvalue weighted by Gasteiger charge is 2.26. The molecule has 1 aliphatic heterocycles. The van der Waals surface area contributed by atoms with Gasteiger partial charge < -0.3 is 9.47 Å². The molecule has 0 fully saturated rings. The van der Waals surface area contributed by atoms with E-state index in [1.807, 2.05) is 0 Å². The maximum Gasteiger partial charge on any atom is 0.363 e. The zero-order valence-corrected chi connectivity index (χ0v) is 16.2. The molecule has 2 aromatic carbocycles. The van der Waals surface area contributed by atoms with Gasteiger partial charge in [-0.3, -0.25) is 14.9 Å². The van der Waals surface area contributed by atoms with Crippen LogP contribution >= 0.6 is 11.6 Å². The van der Waals surface area contributed by atoms with Crippen LogP contribution in [-0.2, 0) is 14.3 Å². The van der Waals surface area contributed by atoms with Gasteiger partial charge in [-0.1, -0.05) is 37.6 Å². The molecule has 0 aromatic heterocycles. The summed E-state index contributed by atoms with van der Waals surface area (Å²) in [4.78, 5) is 38.2. The van der Waals surface area contributed by atoms with E-state index in [0.29, 0.717) is 11.3 Å². The fourth-order valence-corrected chi connectivity index (χ4v) is 2.53. The van der Waals surface area contributed by atoms with Crippen molar-refractivity contribution in [2.45, 2.75) is 13.8 Å². The molecule has 3 rings (SSSR count). The lowest BCUT2D eigenvalue weighted by molar-refractivity contribution is -0.384. The Balaban J connectivity index is 1.83. The Morgan fingerprint density at radius 2 is 1.93 bits per heavy atom. The lowest BCUT2D eigenvalue weighted by Gasteiger charge is -2.06. The average Bonchev–Trinajstić information content (AvgIpc) is 3.03. The number of benzene rings is 2. The Kier molecular flexibility index (Phi) is 5.74. The Morgan fingerprint density at radius 1 is 1.24 bits per heavy atom. The lowest BCUT2D eigenvalue weighted by Crippen LogP contribution is -2.14. The highest BCUT2D eigenvalue weighted by Crippen LogP contribution is 2.27. The molecular weight excluding hydrogens is 400 g/mol. The van der Waals surface area contributed by atoms with E-state index in [1.165, 1.54) is 24.3 Å². The van der Waals surface area contributed by atoms with Crippen molar-refractivity contribution < 1.29 is 24.0 Å². The van der Waals surface area contributed by atoms with Crippen molar-refractivity contribution in [1.29, 1.82) is 0 Å². The zero-order valence-electron chi connectivity index (χ0n) is 15.4. The number of rotatable bonds is 5. The van der Waals surface area contributed by atoms with Gasteiger partial charge >= 0.3 is 11.9 Å². The Bertz CT molecular complexity index is 1060. The molecule has 1 aliphatic rings. The summed E-state index contributed by atoms with van der Waals surface area (Å²) in [5, 5.41) is 11.0. The third kappa shape index (κ3) is 4.67. The zero-order chi connectivity index (χ0) is 21.1. The van der Waals surface area contributed by atoms with Crippen LogP contribution in [-0.4, -0.2) is 22.8 Å². The van der Waals surface area contributed by atoms with Crippen molar-refractivity contribution in [2.24, 2.45) is 10.9 Å². The summed E-state index contributed by atoms with van der Waals surface area (Å²) in [5.41, 5.74) is 0.610. The fourth-order valence-electron chi connectivity index (χ4n) is 2.34. The molecule has 0 amide bonds. The molecule has 0 bridgehead atoms. The van der Waals surface area contributed by atoms with Crippen molar-refractivity contribution in [1.82, 2.24) is 0 Å². The number of hydrogen-bond donors (Lipinski definition) is 0. The van der Waals surface area contributed by atoms with Crippen LogP contribution in [0.4, 0.5) is 5.69 Å². The summed E-state index contributed by atoms with van der Waals surface area (Å²) in [6.45, 7) is 3.47. The minimum Gasteiger partial charge on any atom is -0.426 e. The maximum absolute atomic E-state index is 12.1. The summed E-state index contributed by atoms with van der Waals surface area (Å²) in [5.74, 6) is -0.947. The molecule has 29 heavy (non-hydrogen) atoms. The number of carbonyl (C=O) groups excluding carboxylic acids is 2. The van der Waals surface area contributed by atoms with E-state index in [4.69, 9.17) is 21.1 Å². The molecule has 0 aliphatic carbocycles. The number of aliphatic imine (C=N–C) groups is 1. The van der Waals surface area contributed by atoms with Crippen LogP contribution in [0.25, 0.3) is 6.08 Å². The highest BCUT2D eigenvalue weighted by atomic mass is 35.5. The standard InChI is InChI=1S/C20H15ClN2O6/c1-11(2)19(24)28-14-6-3-12(4-7-14)9-16-20(25)29-18(22-16)13-5-8-15(21)17(10-13)23(26)27/h3-11H,1-2H3/b16-9-. The Morgan fingerprint density at radius 3 is 2.55 bits per heavy atom. The van der Waals surface area contributed by atoms with Crippen molar-refractivity contribution in [3.8, 4) is 5.75 Å². The number of nitro benzene ring substituents is 1. The smallest absolute Gasteiger partial charge is 0.363 e. The summed E-state index contributed by atoms with van der Waals surface area (Å²) >= 11 is 5.79. The SMILES string of the molecule is CC(C)C(=O)Oc1ccc(/C=C2\N=C(c3ccc(Cl)c([N+](=O)[O-])c3)OC2=O)cc1. The highest BCUT2D eigenvalue weighted by molar-refractivity contribution is 6.32. The number of cyclic esters (lactones) is 1. The molecule has 0 spiro atoms. The number of halogens is 1. The normalized spacial score (nSPS) is 14.7. The maximum atomic E-state index is 12.1. The summed E-state index contributed by atoms with van der Waals surface area (Å²) < 4.78 is 10.3. The number of ether oxygens (including phenoxy) is 2. The van der Waals surface area contributed by atoms with Crippen LogP contribution in [0, 0.1) is 16.0 Å². The van der Waals surface area contributed by atoms with E-state index >= 15 is 0 Å². The van der Waals surface area contributed by atoms with Crippen molar-refractivity contribution in [3.05, 3.63) is 74.4 Å². The van der Waals surface area contributed by atoms with Gasteiger partial charge in [0.25, 0.3) is 5.69 Å². The van der Waals surface area contributed by atoms with Crippen LogP contribution in [0.15, 0.2) is 53.2 Å². The van der Waals surface area contributed by atoms with Gasteiger partial charge in [0.1, 0.15) is 10.8 Å². The molecule has 8 nitrogen and oxygen atoms in total. The van der Waals surface area contributed by atoms with Gasteiger partial charge in [-0.05, 0) is 35.9 Å². The molecule has 0 N–H and O–H groups in total. The predicted octanol–water partition coefficient (Wildman–Crippen LogP) is 4.15. The largest absolute Gasteiger partial charge is 0.426 e. The van der Waals surface area contributed by atoms with Gasteiger partial charge in [0.15, 0.2) is 5.70 Å². The number of hydrogen-bond acceptors (Lipinski definition) is 7. The van der Waals surface area contributed by atoms with Crippen LogP contribution in [0.5, 0.6) is 5.75 Å². The first-order chi connectivity index (χ1) is 13.7. The second kappa shape index (κ2) is 8.24. The third-order valence-corrected chi connectivity index (χ3v) is 4.20. The number of nitro groups is 1. The number of carbonyl (C=O) groups is 2. The first kappa shape index (κ1) is 20.2. The second-order valence-electron chi connectivity index (χ2n) is 6.40. The molecular formula is C20H15ClN2O6. The first-order valence-corrected chi connectivity index (χ1v) is 8.91. The fraction of sp³-hybridized carbons (Fsp3) is 0.150. The third-order valence-electron chi connectivity index (χ3n) is 3.88. The van der Waals surface area contributed by atoms with Crippen molar-refractivity contribution >= 4 is 41.2 Å². The van der Waals surface area contributed by atoms with Gasteiger partial charge in [-0.2, -0.15) is 0 Å². The molecule has 0 unspecified atom stereocenters. The molecule has 2 aromatic rings. The molecule has 0 atom stereocenters. The van der Waals surface area contributed by atoms with Crippen molar-refractivity contribution in [2.75, 3.05) is 0 Å². The topological polar surface area (TPSA) is 108 Å². The molecule has 0 radical (unpaired) electrons. The predicted molar refractivity (Wildman–Crippen MR) is 106 cm³/mol. The van der Waals surface area contributed by atoms with Gasteiger partial charge in [-0.15, -0.1) is 0 Å². The van der Waals surface area contributed by atoms with Crippen LogP contribution in [0.3, 0.4) is 0 Å². The van der Waals surface area contributed by atoms with Crippen LogP contribution in [0.2, 0.25) is 5.02 Å². The van der Waals surface area contributed by atoms with Gasteiger partial charge in [0.05, 0.1) is 10.8 Å².